The van der Waals surface area contributed by atoms with Crippen LogP contribution in [0.25, 0.3) is 0 Å². The van der Waals surface area contributed by atoms with Crippen LogP contribution in [0.3, 0.4) is 0 Å². The molecule has 102 valence electrons. The van der Waals surface area contributed by atoms with Crippen molar-refractivity contribution in [1.82, 2.24) is 0 Å². The van der Waals surface area contributed by atoms with Crippen LogP contribution in [0, 0.1) is 10.1 Å². The van der Waals surface area contributed by atoms with Gasteiger partial charge in [0.1, 0.15) is 5.56 Å². The Bertz CT molecular complexity index is 497. The minimum atomic E-state index is -0.707. The molecule has 1 fully saturated rings. The van der Waals surface area contributed by atoms with Gasteiger partial charge < -0.3 is 14.4 Å². The minimum absolute atomic E-state index is 0.0310. The molecule has 0 unspecified atom stereocenters. The summed E-state index contributed by atoms with van der Waals surface area (Å²) < 4.78 is 9.82. The monoisotopic (exact) mass is 266 g/mol. The van der Waals surface area contributed by atoms with E-state index in [0.717, 1.165) is 5.69 Å². The van der Waals surface area contributed by atoms with Gasteiger partial charge in [-0.1, -0.05) is 0 Å². The van der Waals surface area contributed by atoms with Crippen LogP contribution in [0.5, 0.6) is 0 Å². The number of methoxy groups -OCH3 is 1. The van der Waals surface area contributed by atoms with E-state index in [0.29, 0.717) is 26.3 Å². The van der Waals surface area contributed by atoms with Crippen LogP contribution in [-0.2, 0) is 9.47 Å². The molecule has 19 heavy (non-hydrogen) atoms. The number of nitro benzene ring substituents is 1. The van der Waals surface area contributed by atoms with Crippen molar-refractivity contribution in [3.8, 4) is 0 Å². The molecule has 0 aromatic heterocycles. The molecular weight excluding hydrogens is 252 g/mol. The molecule has 0 N–H and O–H groups in total. The Morgan fingerprint density at radius 2 is 2.11 bits per heavy atom. The Hall–Kier alpha value is -2.15. The van der Waals surface area contributed by atoms with Crippen LogP contribution in [0.2, 0.25) is 0 Å². The number of rotatable bonds is 3. The zero-order valence-electron chi connectivity index (χ0n) is 10.5. The summed E-state index contributed by atoms with van der Waals surface area (Å²) in [5.41, 5.74) is 0.481. The second-order valence-electron chi connectivity index (χ2n) is 4.05. The second kappa shape index (κ2) is 5.66. The molecule has 1 aliphatic heterocycles. The fourth-order valence-corrected chi connectivity index (χ4v) is 1.97. The lowest BCUT2D eigenvalue weighted by atomic mass is 10.1. The highest BCUT2D eigenvalue weighted by molar-refractivity contribution is 5.95. The number of hydrogen-bond donors (Lipinski definition) is 0. The van der Waals surface area contributed by atoms with Gasteiger partial charge in [-0.2, -0.15) is 0 Å². The van der Waals surface area contributed by atoms with Crippen LogP contribution >= 0.6 is 0 Å². The zero-order valence-corrected chi connectivity index (χ0v) is 10.5. The van der Waals surface area contributed by atoms with Crippen molar-refractivity contribution in [2.75, 3.05) is 38.3 Å². The van der Waals surface area contributed by atoms with Gasteiger partial charge in [0, 0.05) is 24.8 Å². The van der Waals surface area contributed by atoms with Gasteiger partial charge in [-0.05, 0) is 12.1 Å². The standard InChI is InChI=1S/C12H14N2O5/c1-18-12(15)10-8-9(2-3-11(10)14(16)17)13-4-6-19-7-5-13/h2-3,8H,4-7H2,1H3. The summed E-state index contributed by atoms with van der Waals surface area (Å²) in [6.45, 7) is 2.59. The predicted octanol–water partition coefficient (Wildman–Crippen LogP) is 1.22. The maximum atomic E-state index is 11.6. The van der Waals surface area contributed by atoms with Gasteiger partial charge in [0.15, 0.2) is 0 Å². The van der Waals surface area contributed by atoms with Gasteiger partial charge in [0.05, 0.1) is 25.2 Å². The lowest BCUT2D eigenvalue weighted by Gasteiger charge is -2.28. The van der Waals surface area contributed by atoms with Crippen molar-refractivity contribution in [3.63, 3.8) is 0 Å². The van der Waals surface area contributed by atoms with Crippen LogP contribution in [0.1, 0.15) is 10.4 Å². The number of morpholine rings is 1. The van der Waals surface area contributed by atoms with Crippen LogP contribution < -0.4 is 4.90 Å². The third-order valence-electron chi connectivity index (χ3n) is 2.96. The van der Waals surface area contributed by atoms with Crippen LogP contribution in [-0.4, -0.2) is 44.3 Å². The Balaban J connectivity index is 2.36. The van der Waals surface area contributed by atoms with Crippen molar-refractivity contribution in [2.24, 2.45) is 0 Å². The SMILES string of the molecule is COC(=O)c1cc(N2CCOCC2)ccc1[N+](=O)[O-]. The van der Waals surface area contributed by atoms with Gasteiger partial charge in [0.25, 0.3) is 5.69 Å². The molecule has 1 saturated heterocycles. The molecule has 7 nitrogen and oxygen atoms in total. The lowest BCUT2D eigenvalue weighted by Crippen LogP contribution is -2.36. The first kappa shape index (κ1) is 13.3. The van der Waals surface area contributed by atoms with Crippen molar-refractivity contribution < 1.29 is 19.2 Å². The fraction of sp³-hybridized carbons (Fsp3) is 0.417. The third-order valence-corrected chi connectivity index (χ3v) is 2.96. The van der Waals surface area contributed by atoms with E-state index in [1.165, 1.54) is 19.2 Å². The largest absolute Gasteiger partial charge is 0.465 e. The highest BCUT2D eigenvalue weighted by atomic mass is 16.6. The lowest BCUT2D eigenvalue weighted by molar-refractivity contribution is -0.385. The average Bonchev–Trinajstić information content (AvgIpc) is 2.46. The number of nitrogens with zero attached hydrogens (tertiary/aromatic N) is 2. The fourth-order valence-electron chi connectivity index (χ4n) is 1.97. The molecule has 0 saturated carbocycles. The van der Waals surface area contributed by atoms with Gasteiger partial charge in [-0.3, -0.25) is 10.1 Å². The van der Waals surface area contributed by atoms with Crippen molar-refractivity contribution in [3.05, 3.63) is 33.9 Å². The zero-order chi connectivity index (χ0) is 13.8. The Morgan fingerprint density at radius 3 is 2.68 bits per heavy atom. The molecule has 1 heterocycles. The molecule has 0 spiro atoms. The molecule has 1 aliphatic rings. The molecule has 0 aliphatic carbocycles. The summed E-state index contributed by atoms with van der Waals surface area (Å²) >= 11 is 0. The van der Waals surface area contributed by atoms with E-state index in [1.807, 2.05) is 4.90 Å². The first-order valence-corrected chi connectivity index (χ1v) is 5.83. The van der Waals surface area contributed by atoms with Crippen molar-refractivity contribution in [2.45, 2.75) is 0 Å². The van der Waals surface area contributed by atoms with E-state index < -0.39 is 10.9 Å². The third kappa shape index (κ3) is 2.82. The Morgan fingerprint density at radius 1 is 1.42 bits per heavy atom. The first-order valence-electron chi connectivity index (χ1n) is 5.83. The van der Waals surface area contributed by atoms with E-state index >= 15 is 0 Å². The number of ether oxygens (including phenoxy) is 2. The maximum Gasteiger partial charge on any atom is 0.344 e. The number of carbonyl (C=O) groups excluding carboxylic acids is 1. The first-order chi connectivity index (χ1) is 9.13. The van der Waals surface area contributed by atoms with Gasteiger partial charge >= 0.3 is 5.97 Å². The summed E-state index contributed by atoms with van der Waals surface area (Å²) in [7, 11) is 1.20. The summed E-state index contributed by atoms with van der Waals surface area (Å²) in [5.74, 6) is -0.707. The molecule has 2 rings (SSSR count). The number of esters is 1. The molecule has 0 amide bonds. The number of benzene rings is 1. The summed E-state index contributed by atoms with van der Waals surface area (Å²) in [6.07, 6.45) is 0. The Kier molecular flexibility index (Phi) is 3.96. The second-order valence-corrected chi connectivity index (χ2v) is 4.05. The highest BCUT2D eigenvalue weighted by Crippen LogP contribution is 2.26. The summed E-state index contributed by atoms with van der Waals surface area (Å²) in [4.78, 5) is 23.9. The normalized spacial score (nSPS) is 15.1. The molecular formula is C12H14N2O5. The number of nitro groups is 1. The number of hydrogen-bond acceptors (Lipinski definition) is 6. The van der Waals surface area contributed by atoms with Gasteiger partial charge in [-0.25, -0.2) is 4.79 Å². The molecule has 0 radical (unpaired) electrons. The Labute approximate surface area is 109 Å². The van der Waals surface area contributed by atoms with Gasteiger partial charge in [-0.15, -0.1) is 0 Å². The summed E-state index contributed by atoms with van der Waals surface area (Å²) in [6, 6.07) is 4.46. The number of anilines is 1. The summed E-state index contributed by atoms with van der Waals surface area (Å²) in [5, 5.41) is 10.9. The van der Waals surface area contributed by atoms with E-state index in [2.05, 4.69) is 4.74 Å². The average molecular weight is 266 g/mol. The van der Waals surface area contributed by atoms with E-state index in [9.17, 15) is 14.9 Å². The molecule has 0 atom stereocenters. The molecule has 1 aromatic rings. The predicted molar refractivity (Wildman–Crippen MR) is 67.5 cm³/mol. The van der Waals surface area contributed by atoms with Crippen LogP contribution in [0.15, 0.2) is 18.2 Å². The minimum Gasteiger partial charge on any atom is -0.465 e. The molecule has 0 bridgehead atoms. The van der Waals surface area contributed by atoms with Crippen molar-refractivity contribution >= 4 is 17.3 Å². The quantitative estimate of drug-likeness (QED) is 0.464. The smallest absolute Gasteiger partial charge is 0.344 e. The van der Waals surface area contributed by atoms with Crippen LogP contribution in [0.4, 0.5) is 11.4 Å². The molecule has 1 aromatic carbocycles. The van der Waals surface area contributed by atoms with Gasteiger partial charge in [0.2, 0.25) is 0 Å². The van der Waals surface area contributed by atoms with Crippen molar-refractivity contribution in [1.29, 1.82) is 0 Å². The number of carbonyl (C=O) groups is 1. The van der Waals surface area contributed by atoms with E-state index in [4.69, 9.17) is 4.74 Å². The highest BCUT2D eigenvalue weighted by Gasteiger charge is 2.23. The molecule has 7 heteroatoms. The maximum absolute atomic E-state index is 11.6. The topological polar surface area (TPSA) is 81.9 Å². The van der Waals surface area contributed by atoms with E-state index in [1.54, 1.807) is 6.07 Å². The van der Waals surface area contributed by atoms with E-state index in [-0.39, 0.29) is 11.3 Å².